The molecule has 1 aromatic rings. The fraction of sp³-hybridized carbons (Fsp3) is 0.789. The molecule has 150 valence electrons. The molecule has 3 rings (SSSR count). The summed E-state index contributed by atoms with van der Waals surface area (Å²) < 4.78 is 18.9. The van der Waals surface area contributed by atoms with E-state index in [1.807, 2.05) is 12.4 Å². The van der Waals surface area contributed by atoms with Crippen LogP contribution in [0.15, 0.2) is 12.4 Å². The minimum Gasteiger partial charge on any atom is -0.405 e. The molecule has 0 aliphatic carbocycles. The van der Waals surface area contributed by atoms with Gasteiger partial charge in [-0.05, 0) is 67.2 Å². The molecule has 2 aliphatic rings. The second kappa shape index (κ2) is 6.92. The van der Waals surface area contributed by atoms with Gasteiger partial charge in [-0.3, -0.25) is 0 Å². The van der Waals surface area contributed by atoms with Crippen LogP contribution in [0.3, 0.4) is 0 Å². The van der Waals surface area contributed by atoms with Gasteiger partial charge in [-0.2, -0.15) is 0 Å². The van der Waals surface area contributed by atoms with Crippen molar-refractivity contribution < 1.29 is 13.7 Å². The fourth-order valence-electron chi connectivity index (χ4n) is 3.61. The number of hydrogen-bond donors (Lipinski definition) is 0. The van der Waals surface area contributed by atoms with Gasteiger partial charge in [0.05, 0.1) is 11.2 Å². The normalized spacial score (nSPS) is 25.0. The van der Waals surface area contributed by atoms with Crippen molar-refractivity contribution in [1.82, 2.24) is 14.9 Å². The summed E-state index contributed by atoms with van der Waals surface area (Å²) in [4.78, 5) is 11.8. The highest BCUT2D eigenvalue weighted by atomic mass is 28.4. The third-order valence-electron chi connectivity index (χ3n) is 5.90. The average Bonchev–Trinajstić information content (AvgIpc) is 2.77. The van der Waals surface area contributed by atoms with Gasteiger partial charge in [0.15, 0.2) is 14.1 Å². The number of aromatic nitrogens is 2. The Labute approximate surface area is 165 Å². The van der Waals surface area contributed by atoms with E-state index in [0.29, 0.717) is 0 Å². The summed E-state index contributed by atoms with van der Waals surface area (Å²) in [7, 11) is -0.0284. The molecule has 1 aromatic heterocycles. The zero-order valence-electron chi connectivity index (χ0n) is 18.1. The molecule has 0 N–H and O–H groups in total. The van der Waals surface area contributed by atoms with Crippen LogP contribution in [0, 0.1) is 0 Å². The molecule has 0 aromatic carbocycles. The molecule has 8 heteroatoms. The van der Waals surface area contributed by atoms with E-state index in [9.17, 15) is 0 Å². The molecule has 27 heavy (non-hydrogen) atoms. The lowest BCUT2D eigenvalue weighted by molar-refractivity contribution is -0.0106. The highest BCUT2D eigenvalue weighted by Gasteiger charge is 2.52. The summed E-state index contributed by atoms with van der Waals surface area (Å²) in [5.41, 5.74) is -0.266. The van der Waals surface area contributed by atoms with Crippen LogP contribution in [0.25, 0.3) is 0 Å². The fourth-order valence-corrected chi connectivity index (χ4v) is 5.08. The van der Waals surface area contributed by atoms with Gasteiger partial charge in [-0.25, -0.2) is 9.97 Å². The zero-order valence-corrected chi connectivity index (χ0v) is 19.1. The second-order valence-corrected chi connectivity index (χ2v) is 14.4. The first-order valence-electron chi connectivity index (χ1n) is 9.90. The quantitative estimate of drug-likeness (QED) is 0.736. The number of hydrogen-bond acceptors (Lipinski definition) is 6. The van der Waals surface area contributed by atoms with Crippen LogP contribution in [-0.2, 0) is 19.3 Å². The lowest BCUT2D eigenvalue weighted by Gasteiger charge is -2.43. The molecule has 3 heterocycles. The standard InChI is InChI=1S/C19H34BN3O3Si/c1-17(2)18(3,4)25-20(24-17)15-13-21-16(22-14-15)19(26-27(6,7)8)9-11-23(5)12-10-19/h13-14H,9-12H2,1-8H3. The summed E-state index contributed by atoms with van der Waals surface area (Å²) in [6.07, 6.45) is 5.53. The molecule has 2 aliphatic heterocycles. The smallest absolute Gasteiger partial charge is 0.405 e. The third kappa shape index (κ3) is 4.30. The van der Waals surface area contributed by atoms with E-state index in [-0.39, 0.29) is 16.8 Å². The first kappa shape index (κ1) is 20.9. The van der Waals surface area contributed by atoms with Crippen molar-refractivity contribution in [3.8, 4) is 0 Å². The Balaban J connectivity index is 1.84. The van der Waals surface area contributed by atoms with Crippen molar-refractivity contribution in [2.75, 3.05) is 20.1 Å². The van der Waals surface area contributed by atoms with Crippen LogP contribution in [0.2, 0.25) is 19.6 Å². The van der Waals surface area contributed by atoms with Crippen LogP contribution in [-0.4, -0.2) is 61.6 Å². The van der Waals surface area contributed by atoms with Gasteiger partial charge >= 0.3 is 7.12 Å². The molecule has 0 radical (unpaired) electrons. The van der Waals surface area contributed by atoms with Gasteiger partial charge in [0.1, 0.15) is 5.60 Å². The topological polar surface area (TPSA) is 56.7 Å². The van der Waals surface area contributed by atoms with Crippen molar-refractivity contribution in [3.05, 3.63) is 18.2 Å². The number of likely N-dealkylation sites (tertiary alicyclic amines) is 1. The molecule has 0 spiro atoms. The number of piperidine rings is 1. The van der Waals surface area contributed by atoms with Crippen molar-refractivity contribution in [2.24, 2.45) is 0 Å². The molecule has 0 unspecified atom stereocenters. The highest BCUT2D eigenvalue weighted by Crippen LogP contribution is 2.38. The monoisotopic (exact) mass is 391 g/mol. The molecule has 0 bridgehead atoms. The number of nitrogens with zero attached hydrogens (tertiary/aromatic N) is 3. The SMILES string of the molecule is CN1CCC(O[Si](C)(C)C)(c2ncc(B3OC(C)(C)C(C)(C)O3)cn2)CC1. The lowest BCUT2D eigenvalue weighted by atomic mass is 9.81. The van der Waals surface area contributed by atoms with E-state index < -0.39 is 15.4 Å². The maximum atomic E-state index is 6.66. The van der Waals surface area contributed by atoms with E-state index in [0.717, 1.165) is 37.2 Å². The van der Waals surface area contributed by atoms with E-state index in [1.165, 1.54) is 0 Å². The summed E-state index contributed by atoms with van der Waals surface area (Å²) >= 11 is 0. The van der Waals surface area contributed by atoms with Crippen molar-refractivity contribution in [1.29, 1.82) is 0 Å². The maximum Gasteiger partial charge on any atom is 0.498 e. The Bertz CT molecular complexity index is 652. The predicted octanol–water partition coefficient (Wildman–Crippen LogP) is 2.55. The molecule has 6 nitrogen and oxygen atoms in total. The minimum absolute atomic E-state index is 0.369. The lowest BCUT2D eigenvalue weighted by Crippen LogP contribution is -2.49. The number of rotatable bonds is 4. The van der Waals surface area contributed by atoms with Crippen LogP contribution in [0.4, 0.5) is 0 Å². The molecule has 0 atom stereocenters. The molecular weight excluding hydrogens is 357 g/mol. The van der Waals surface area contributed by atoms with Gasteiger partial charge in [-0.1, -0.05) is 0 Å². The van der Waals surface area contributed by atoms with Crippen molar-refractivity contribution in [3.63, 3.8) is 0 Å². The summed E-state index contributed by atoms with van der Waals surface area (Å²) in [5.74, 6) is 0.790. The first-order valence-corrected chi connectivity index (χ1v) is 13.3. The Kier molecular flexibility index (Phi) is 5.36. The molecule has 2 fully saturated rings. The van der Waals surface area contributed by atoms with Gasteiger partial charge in [-0.15, -0.1) is 0 Å². The Morgan fingerprint density at radius 3 is 1.93 bits per heavy atom. The highest BCUT2D eigenvalue weighted by molar-refractivity contribution is 6.69. The van der Waals surface area contributed by atoms with Gasteiger partial charge in [0.2, 0.25) is 0 Å². The Morgan fingerprint density at radius 2 is 1.48 bits per heavy atom. The van der Waals surface area contributed by atoms with Crippen LogP contribution < -0.4 is 5.46 Å². The van der Waals surface area contributed by atoms with Crippen LogP contribution in [0.1, 0.15) is 46.4 Å². The van der Waals surface area contributed by atoms with Gasteiger partial charge < -0.3 is 18.6 Å². The van der Waals surface area contributed by atoms with E-state index in [4.69, 9.17) is 23.7 Å². The first-order chi connectivity index (χ1) is 12.3. The predicted molar refractivity (Wildman–Crippen MR) is 111 cm³/mol. The van der Waals surface area contributed by atoms with E-state index >= 15 is 0 Å². The second-order valence-electron chi connectivity index (χ2n) is 9.94. The van der Waals surface area contributed by atoms with Crippen LogP contribution >= 0.6 is 0 Å². The van der Waals surface area contributed by atoms with Crippen molar-refractivity contribution >= 4 is 20.9 Å². The molecular formula is C19H34BN3O3Si. The Morgan fingerprint density at radius 1 is 1.00 bits per heavy atom. The molecule has 2 saturated heterocycles. The third-order valence-corrected chi connectivity index (χ3v) is 6.90. The summed E-state index contributed by atoms with van der Waals surface area (Å²) in [6.45, 7) is 16.9. The van der Waals surface area contributed by atoms with E-state index in [1.54, 1.807) is 0 Å². The van der Waals surface area contributed by atoms with Crippen LogP contribution in [0.5, 0.6) is 0 Å². The summed E-state index contributed by atoms with van der Waals surface area (Å²) in [6, 6.07) is 0. The van der Waals surface area contributed by atoms with Crippen molar-refractivity contribution in [2.45, 2.75) is 77.0 Å². The van der Waals surface area contributed by atoms with E-state index in [2.05, 4.69) is 59.3 Å². The summed E-state index contributed by atoms with van der Waals surface area (Å²) in [5, 5.41) is 0. The molecule has 0 saturated carbocycles. The minimum atomic E-state index is -1.75. The zero-order chi connectivity index (χ0) is 20.1. The molecule has 0 amide bonds. The average molecular weight is 391 g/mol. The van der Waals surface area contributed by atoms with Gasteiger partial charge in [0.25, 0.3) is 0 Å². The van der Waals surface area contributed by atoms with Gasteiger partial charge in [0, 0.05) is 30.9 Å². The largest absolute Gasteiger partial charge is 0.498 e. The maximum absolute atomic E-state index is 6.66. The Hall–Kier alpha value is -0.798.